The molecule has 5 nitrogen and oxygen atoms in total. The SMILES string of the molecule is CNc1ncc(Br)c(NCCN(C)C(C)C)n1. The Morgan fingerprint density at radius 2 is 2.18 bits per heavy atom. The molecule has 0 saturated heterocycles. The number of likely N-dealkylation sites (N-methyl/N-ethyl adjacent to an activating group) is 1. The average Bonchev–Trinajstić information content (AvgIpc) is 2.31. The van der Waals surface area contributed by atoms with Crippen molar-refractivity contribution in [2.45, 2.75) is 19.9 Å². The van der Waals surface area contributed by atoms with Gasteiger partial charge >= 0.3 is 0 Å². The molecule has 0 amide bonds. The lowest BCUT2D eigenvalue weighted by Gasteiger charge is -2.21. The lowest BCUT2D eigenvalue weighted by Crippen LogP contribution is -2.31. The van der Waals surface area contributed by atoms with Crippen LogP contribution < -0.4 is 10.6 Å². The molecule has 17 heavy (non-hydrogen) atoms. The molecule has 0 bridgehead atoms. The van der Waals surface area contributed by atoms with E-state index in [0.29, 0.717) is 12.0 Å². The highest BCUT2D eigenvalue weighted by atomic mass is 79.9. The topological polar surface area (TPSA) is 53.1 Å². The molecule has 0 aromatic carbocycles. The molecule has 1 aromatic heterocycles. The smallest absolute Gasteiger partial charge is 0.224 e. The molecule has 0 radical (unpaired) electrons. The summed E-state index contributed by atoms with van der Waals surface area (Å²) in [5, 5.41) is 6.21. The van der Waals surface area contributed by atoms with Gasteiger partial charge in [0.2, 0.25) is 5.95 Å². The molecule has 0 spiro atoms. The summed E-state index contributed by atoms with van der Waals surface area (Å²) in [5.41, 5.74) is 0. The van der Waals surface area contributed by atoms with E-state index >= 15 is 0 Å². The van der Waals surface area contributed by atoms with Crippen LogP contribution in [0.15, 0.2) is 10.7 Å². The van der Waals surface area contributed by atoms with E-state index in [2.05, 4.69) is 62.3 Å². The second kappa shape index (κ2) is 6.76. The summed E-state index contributed by atoms with van der Waals surface area (Å²) < 4.78 is 0.878. The van der Waals surface area contributed by atoms with Gasteiger partial charge in [0.15, 0.2) is 0 Å². The summed E-state index contributed by atoms with van der Waals surface area (Å²) in [4.78, 5) is 10.7. The van der Waals surface area contributed by atoms with Gasteiger partial charge in [0.25, 0.3) is 0 Å². The number of nitrogens with zero attached hydrogens (tertiary/aromatic N) is 3. The molecule has 1 aromatic rings. The van der Waals surface area contributed by atoms with Gasteiger partial charge in [-0.1, -0.05) is 0 Å². The van der Waals surface area contributed by atoms with Crippen LogP contribution in [-0.2, 0) is 0 Å². The van der Waals surface area contributed by atoms with Crippen LogP contribution in [0.25, 0.3) is 0 Å². The largest absolute Gasteiger partial charge is 0.368 e. The van der Waals surface area contributed by atoms with Gasteiger partial charge in [-0.2, -0.15) is 4.98 Å². The molecule has 6 heteroatoms. The summed E-state index contributed by atoms with van der Waals surface area (Å²) in [6.07, 6.45) is 1.74. The molecule has 0 unspecified atom stereocenters. The predicted molar refractivity (Wildman–Crippen MR) is 75.5 cm³/mol. The van der Waals surface area contributed by atoms with Crippen LogP contribution in [0.4, 0.5) is 11.8 Å². The second-order valence-electron chi connectivity index (χ2n) is 4.14. The van der Waals surface area contributed by atoms with Crippen molar-refractivity contribution in [3.8, 4) is 0 Å². The van der Waals surface area contributed by atoms with Crippen molar-refractivity contribution >= 4 is 27.7 Å². The van der Waals surface area contributed by atoms with Gasteiger partial charge in [0.05, 0.1) is 4.47 Å². The predicted octanol–water partition coefficient (Wildman–Crippen LogP) is 2.03. The van der Waals surface area contributed by atoms with Crippen molar-refractivity contribution in [3.63, 3.8) is 0 Å². The highest BCUT2D eigenvalue weighted by Crippen LogP contribution is 2.19. The number of aromatic nitrogens is 2. The fourth-order valence-electron chi connectivity index (χ4n) is 1.22. The molecule has 0 aliphatic heterocycles. The number of hydrogen-bond acceptors (Lipinski definition) is 5. The Labute approximate surface area is 111 Å². The Hall–Kier alpha value is -0.880. The molecule has 1 heterocycles. The van der Waals surface area contributed by atoms with Crippen molar-refractivity contribution in [2.75, 3.05) is 37.8 Å². The molecule has 0 aliphatic rings. The lowest BCUT2D eigenvalue weighted by molar-refractivity contribution is 0.284. The molecular formula is C11H20BrN5. The molecule has 2 N–H and O–H groups in total. The lowest BCUT2D eigenvalue weighted by atomic mass is 10.3. The van der Waals surface area contributed by atoms with Crippen molar-refractivity contribution in [2.24, 2.45) is 0 Å². The molecule has 0 aliphatic carbocycles. The van der Waals surface area contributed by atoms with Crippen molar-refractivity contribution < 1.29 is 0 Å². The van der Waals surface area contributed by atoms with E-state index in [4.69, 9.17) is 0 Å². The number of anilines is 2. The molecular weight excluding hydrogens is 282 g/mol. The van der Waals surface area contributed by atoms with Crippen LogP contribution in [-0.4, -0.2) is 48.1 Å². The van der Waals surface area contributed by atoms with Gasteiger partial charge in [0, 0.05) is 32.4 Å². The van der Waals surface area contributed by atoms with E-state index in [0.717, 1.165) is 23.4 Å². The van der Waals surface area contributed by atoms with Crippen molar-refractivity contribution in [1.29, 1.82) is 0 Å². The van der Waals surface area contributed by atoms with Crippen molar-refractivity contribution in [3.05, 3.63) is 10.7 Å². The van der Waals surface area contributed by atoms with E-state index < -0.39 is 0 Å². The standard InChI is InChI=1S/C11H20BrN5/c1-8(2)17(4)6-5-14-10-9(12)7-15-11(13-3)16-10/h7-8H,5-6H2,1-4H3,(H2,13,14,15,16). The van der Waals surface area contributed by atoms with Crippen LogP contribution >= 0.6 is 15.9 Å². The van der Waals surface area contributed by atoms with Crippen LogP contribution in [0.2, 0.25) is 0 Å². The minimum Gasteiger partial charge on any atom is -0.368 e. The first-order valence-electron chi connectivity index (χ1n) is 5.69. The quantitative estimate of drug-likeness (QED) is 0.842. The summed E-state index contributed by atoms with van der Waals surface area (Å²) in [5.74, 6) is 1.44. The van der Waals surface area contributed by atoms with E-state index in [-0.39, 0.29) is 0 Å². The normalized spacial score (nSPS) is 11.0. The first kappa shape index (κ1) is 14.2. The van der Waals surface area contributed by atoms with Gasteiger partial charge in [-0.25, -0.2) is 4.98 Å². The summed E-state index contributed by atoms with van der Waals surface area (Å²) >= 11 is 3.43. The maximum absolute atomic E-state index is 4.33. The van der Waals surface area contributed by atoms with Gasteiger partial charge in [-0.15, -0.1) is 0 Å². The van der Waals surface area contributed by atoms with Gasteiger partial charge in [0.1, 0.15) is 5.82 Å². The maximum Gasteiger partial charge on any atom is 0.224 e. The van der Waals surface area contributed by atoms with Crippen LogP contribution in [0.5, 0.6) is 0 Å². The number of nitrogens with one attached hydrogen (secondary N) is 2. The Kier molecular flexibility index (Phi) is 5.64. The zero-order valence-electron chi connectivity index (χ0n) is 10.8. The molecule has 96 valence electrons. The van der Waals surface area contributed by atoms with Gasteiger partial charge < -0.3 is 15.5 Å². The summed E-state index contributed by atoms with van der Waals surface area (Å²) in [6, 6.07) is 0.554. The zero-order chi connectivity index (χ0) is 12.8. The molecule has 0 saturated carbocycles. The molecule has 0 atom stereocenters. The van der Waals surface area contributed by atoms with Crippen molar-refractivity contribution in [1.82, 2.24) is 14.9 Å². The first-order chi connectivity index (χ1) is 8.04. The van der Waals surface area contributed by atoms with E-state index in [1.54, 1.807) is 13.2 Å². The van der Waals surface area contributed by atoms with E-state index in [1.807, 2.05) is 0 Å². The number of halogens is 1. The van der Waals surface area contributed by atoms with E-state index in [9.17, 15) is 0 Å². The second-order valence-corrected chi connectivity index (χ2v) is 5.00. The molecule has 1 rings (SSSR count). The summed E-state index contributed by atoms with van der Waals surface area (Å²) in [7, 11) is 3.92. The minimum atomic E-state index is 0.554. The highest BCUT2D eigenvalue weighted by molar-refractivity contribution is 9.10. The minimum absolute atomic E-state index is 0.554. The van der Waals surface area contributed by atoms with Gasteiger partial charge in [-0.05, 0) is 36.8 Å². The Balaban J connectivity index is 2.51. The Morgan fingerprint density at radius 3 is 2.76 bits per heavy atom. The third-order valence-electron chi connectivity index (χ3n) is 2.61. The third-order valence-corrected chi connectivity index (χ3v) is 3.19. The first-order valence-corrected chi connectivity index (χ1v) is 6.48. The Morgan fingerprint density at radius 1 is 1.47 bits per heavy atom. The fourth-order valence-corrected chi connectivity index (χ4v) is 1.55. The maximum atomic E-state index is 4.33. The van der Waals surface area contributed by atoms with Crippen LogP contribution in [0.1, 0.15) is 13.8 Å². The average molecular weight is 302 g/mol. The summed E-state index contributed by atoms with van der Waals surface area (Å²) in [6.45, 7) is 6.19. The zero-order valence-corrected chi connectivity index (χ0v) is 12.4. The molecule has 0 fully saturated rings. The highest BCUT2D eigenvalue weighted by Gasteiger charge is 2.05. The third kappa shape index (κ3) is 4.47. The number of hydrogen-bond donors (Lipinski definition) is 2. The monoisotopic (exact) mass is 301 g/mol. The fraction of sp³-hybridized carbons (Fsp3) is 0.636. The Bertz CT molecular complexity index is 356. The number of rotatable bonds is 6. The van der Waals surface area contributed by atoms with Crippen LogP contribution in [0, 0.1) is 0 Å². The van der Waals surface area contributed by atoms with E-state index in [1.165, 1.54) is 0 Å². The van der Waals surface area contributed by atoms with Gasteiger partial charge in [-0.3, -0.25) is 0 Å². The van der Waals surface area contributed by atoms with Crippen LogP contribution in [0.3, 0.4) is 0 Å².